The average molecular weight is 243 g/mol. The summed E-state index contributed by atoms with van der Waals surface area (Å²) in [4.78, 5) is 0. The van der Waals surface area contributed by atoms with Crippen LogP contribution in [0, 0.1) is 5.41 Å². The molecule has 1 aromatic rings. The second-order valence-electron chi connectivity index (χ2n) is 3.25. The predicted octanol–water partition coefficient (Wildman–Crippen LogP) is -0.232. The number of hydrogen-bond acceptors (Lipinski definition) is 4. The summed E-state index contributed by atoms with van der Waals surface area (Å²) < 4.78 is 26.9. The van der Waals surface area contributed by atoms with Crippen LogP contribution in [0.4, 0.5) is 0 Å². The van der Waals surface area contributed by atoms with E-state index in [2.05, 4.69) is 0 Å². The van der Waals surface area contributed by atoms with Gasteiger partial charge in [0.05, 0.1) is 12.9 Å². The van der Waals surface area contributed by atoms with E-state index in [1.165, 1.54) is 19.2 Å². The fourth-order valence-electron chi connectivity index (χ4n) is 1.25. The Labute approximate surface area is 93.8 Å². The van der Waals surface area contributed by atoms with Gasteiger partial charge in [0.15, 0.2) is 0 Å². The number of methoxy groups -OCH3 is 1. The smallest absolute Gasteiger partial charge is 0.213 e. The molecular weight excluding hydrogens is 230 g/mol. The van der Waals surface area contributed by atoms with Gasteiger partial charge < -0.3 is 10.5 Å². The van der Waals surface area contributed by atoms with Crippen LogP contribution in [0.2, 0.25) is 0 Å². The highest BCUT2D eigenvalue weighted by atomic mass is 32.2. The largest absolute Gasteiger partial charge is 0.496 e. The normalized spacial score (nSPS) is 11.1. The average Bonchev–Trinajstić information content (AvgIpc) is 2.15. The minimum atomic E-state index is -3.61. The Morgan fingerprint density at radius 3 is 2.56 bits per heavy atom. The molecule has 0 unspecified atom stereocenters. The van der Waals surface area contributed by atoms with E-state index in [1.807, 2.05) is 0 Å². The summed E-state index contributed by atoms with van der Waals surface area (Å²) in [5.74, 6) is -0.0730. The molecule has 0 heterocycles. The molecule has 0 saturated heterocycles. The van der Waals surface area contributed by atoms with Crippen LogP contribution in [0.5, 0.6) is 5.75 Å². The molecule has 0 aliphatic rings. The first-order valence-corrected chi connectivity index (χ1v) is 6.07. The monoisotopic (exact) mass is 243 g/mol. The van der Waals surface area contributed by atoms with Crippen LogP contribution in [-0.4, -0.2) is 21.4 Å². The number of nitrogen functional groups attached to an aromatic ring is 1. The van der Waals surface area contributed by atoms with E-state index in [0.717, 1.165) is 0 Å². The van der Waals surface area contributed by atoms with Crippen LogP contribution in [0.15, 0.2) is 18.2 Å². The zero-order valence-corrected chi connectivity index (χ0v) is 9.54. The lowest BCUT2D eigenvalue weighted by atomic mass is 10.1. The fraction of sp³-hybridized carbons (Fsp3) is 0.222. The van der Waals surface area contributed by atoms with Gasteiger partial charge in [-0.25, -0.2) is 13.6 Å². The lowest BCUT2D eigenvalue weighted by molar-refractivity contribution is 0.411. The molecule has 1 rings (SSSR count). The Hall–Kier alpha value is -1.60. The highest BCUT2D eigenvalue weighted by Crippen LogP contribution is 2.21. The highest BCUT2D eigenvalue weighted by Gasteiger charge is 2.11. The Morgan fingerprint density at radius 1 is 1.50 bits per heavy atom. The van der Waals surface area contributed by atoms with Crippen molar-refractivity contribution >= 4 is 15.9 Å². The molecule has 0 radical (unpaired) electrons. The van der Waals surface area contributed by atoms with E-state index < -0.39 is 10.0 Å². The van der Waals surface area contributed by atoms with Crippen molar-refractivity contribution in [1.29, 1.82) is 5.41 Å². The summed E-state index contributed by atoms with van der Waals surface area (Å²) in [6.45, 7) is 0. The summed E-state index contributed by atoms with van der Waals surface area (Å²) in [6.07, 6.45) is 0. The van der Waals surface area contributed by atoms with E-state index in [9.17, 15) is 8.42 Å². The van der Waals surface area contributed by atoms with Crippen LogP contribution in [-0.2, 0) is 15.8 Å². The van der Waals surface area contributed by atoms with E-state index in [-0.39, 0.29) is 11.6 Å². The summed E-state index contributed by atoms with van der Waals surface area (Å²) in [5.41, 5.74) is 6.21. The third kappa shape index (κ3) is 3.21. The van der Waals surface area contributed by atoms with Gasteiger partial charge >= 0.3 is 0 Å². The number of hydrogen-bond donors (Lipinski definition) is 3. The number of sulfonamides is 1. The number of amidine groups is 1. The van der Waals surface area contributed by atoms with Crippen molar-refractivity contribution in [2.45, 2.75) is 5.75 Å². The molecule has 0 spiro atoms. The molecule has 5 N–H and O–H groups in total. The lowest BCUT2D eigenvalue weighted by Crippen LogP contribution is -2.16. The Balaban J connectivity index is 3.17. The van der Waals surface area contributed by atoms with Gasteiger partial charge in [-0.15, -0.1) is 0 Å². The summed E-state index contributed by atoms with van der Waals surface area (Å²) in [6, 6.07) is 4.58. The first kappa shape index (κ1) is 12.5. The molecule has 0 bridgehead atoms. The van der Waals surface area contributed by atoms with Gasteiger partial charge in [-0.2, -0.15) is 0 Å². The minimum Gasteiger partial charge on any atom is -0.496 e. The SMILES string of the molecule is COc1cc(C(=N)N)ccc1CS(N)(=O)=O. The molecular formula is C9H13N3O3S. The summed E-state index contributed by atoms with van der Waals surface area (Å²) in [5, 5.41) is 12.2. The molecule has 0 fully saturated rings. The van der Waals surface area contributed by atoms with Crippen molar-refractivity contribution in [2.75, 3.05) is 7.11 Å². The second kappa shape index (κ2) is 4.50. The first-order chi connectivity index (χ1) is 7.33. The standard InChI is InChI=1S/C9H13N3O3S/c1-15-8-4-6(9(10)11)2-3-7(8)5-16(12,13)14/h2-4H,5H2,1H3,(H3,10,11)(H2,12,13,14). The molecule has 0 aromatic heterocycles. The van der Waals surface area contributed by atoms with E-state index in [1.54, 1.807) is 6.07 Å². The van der Waals surface area contributed by atoms with Crippen molar-refractivity contribution in [3.63, 3.8) is 0 Å². The van der Waals surface area contributed by atoms with Crippen molar-refractivity contribution in [3.8, 4) is 5.75 Å². The van der Waals surface area contributed by atoms with Crippen molar-refractivity contribution in [2.24, 2.45) is 10.9 Å². The van der Waals surface area contributed by atoms with Gasteiger partial charge in [0.25, 0.3) is 0 Å². The number of nitrogens with two attached hydrogens (primary N) is 2. The first-order valence-electron chi connectivity index (χ1n) is 4.35. The van der Waals surface area contributed by atoms with Crippen molar-refractivity contribution in [3.05, 3.63) is 29.3 Å². The maximum atomic E-state index is 10.9. The molecule has 0 atom stereocenters. The van der Waals surface area contributed by atoms with Crippen LogP contribution < -0.4 is 15.6 Å². The van der Waals surface area contributed by atoms with Crippen LogP contribution in [0.3, 0.4) is 0 Å². The molecule has 7 heteroatoms. The number of nitrogens with one attached hydrogen (secondary N) is 1. The zero-order chi connectivity index (χ0) is 12.3. The van der Waals surface area contributed by atoms with Crippen molar-refractivity contribution < 1.29 is 13.2 Å². The van der Waals surface area contributed by atoms with E-state index in [0.29, 0.717) is 16.9 Å². The molecule has 0 amide bonds. The Bertz CT molecular complexity index is 511. The van der Waals surface area contributed by atoms with Crippen molar-refractivity contribution in [1.82, 2.24) is 0 Å². The quantitative estimate of drug-likeness (QED) is 0.499. The second-order valence-corrected chi connectivity index (χ2v) is 4.86. The van der Waals surface area contributed by atoms with Gasteiger partial charge in [0.1, 0.15) is 11.6 Å². The van der Waals surface area contributed by atoms with Crippen LogP contribution in [0.1, 0.15) is 11.1 Å². The maximum absolute atomic E-state index is 10.9. The topological polar surface area (TPSA) is 119 Å². The summed E-state index contributed by atoms with van der Waals surface area (Å²) in [7, 11) is -2.20. The molecule has 88 valence electrons. The minimum absolute atomic E-state index is 0.111. The number of primary sulfonamides is 1. The maximum Gasteiger partial charge on any atom is 0.213 e. The predicted molar refractivity (Wildman–Crippen MR) is 60.8 cm³/mol. The van der Waals surface area contributed by atoms with Gasteiger partial charge in [-0.1, -0.05) is 12.1 Å². The molecule has 6 nitrogen and oxygen atoms in total. The molecule has 0 saturated carbocycles. The molecule has 0 aliphatic carbocycles. The Kier molecular flexibility index (Phi) is 3.51. The highest BCUT2D eigenvalue weighted by molar-refractivity contribution is 7.88. The Morgan fingerprint density at radius 2 is 2.12 bits per heavy atom. The molecule has 0 aliphatic heterocycles. The summed E-state index contributed by atoms with van der Waals surface area (Å²) >= 11 is 0. The van der Waals surface area contributed by atoms with Crippen LogP contribution >= 0.6 is 0 Å². The fourth-order valence-corrected chi connectivity index (χ4v) is 1.92. The van der Waals surface area contributed by atoms with Crippen LogP contribution in [0.25, 0.3) is 0 Å². The third-order valence-electron chi connectivity index (χ3n) is 1.95. The zero-order valence-electron chi connectivity index (χ0n) is 8.73. The van der Waals surface area contributed by atoms with Gasteiger partial charge in [0.2, 0.25) is 10.0 Å². The molecule has 16 heavy (non-hydrogen) atoms. The van der Waals surface area contributed by atoms with E-state index in [4.69, 9.17) is 21.0 Å². The van der Waals surface area contributed by atoms with Gasteiger partial charge in [-0.05, 0) is 6.07 Å². The van der Waals surface area contributed by atoms with Gasteiger partial charge in [0, 0.05) is 11.1 Å². The van der Waals surface area contributed by atoms with E-state index >= 15 is 0 Å². The number of benzene rings is 1. The number of rotatable bonds is 4. The molecule has 1 aromatic carbocycles. The van der Waals surface area contributed by atoms with Gasteiger partial charge in [-0.3, -0.25) is 5.41 Å². The number of ether oxygens (including phenoxy) is 1. The third-order valence-corrected chi connectivity index (χ3v) is 2.67. The lowest BCUT2D eigenvalue weighted by Gasteiger charge is -2.09.